The zero-order valence-corrected chi connectivity index (χ0v) is 18.8. The number of carbonyl (C=O) groups excluding carboxylic acids is 2. The van der Waals surface area contributed by atoms with E-state index in [9.17, 15) is 19.1 Å². The first kappa shape index (κ1) is 23.2. The quantitative estimate of drug-likeness (QED) is 0.336. The van der Waals surface area contributed by atoms with E-state index in [-0.39, 0.29) is 17.5 Å². The maximum atomic E-state index is 14.4. The zero-order valence-electron chi connectivity index (χ0n) is 17.3. The summed E-state index contributed by atoms with van der Waals surface area (Å²) in [5, 5.41) is 11.1. The summed E-state index contributed by atoms with van der Waals surface area (Å²) in [6.07, 6.45) is 5.79. The third-order valence-corrected chi connectivity index (χ3v) is 5.93. The molecule has 2 aromatic carbocycles. The summed E-state index contributed by atoms with van der Waals surface area (Å²) in [5.74, 6) is -1.61. The molecule has 0 radical (unpaired) electrons. The lowest BCUT2D eigenvalue weighted by molar-refractivity contribution is -0.134. The van der Waals surface area contributed by atoms with Crippen LogP contribution in [0.15, 0.2) is 53.0 Å². The van der Waals surface area contributed by atoms with E-state index >= 15 is 0 Å². The number of rotatable bonds is 6. The van der Waals surface area contributed by atoms with Crippen LogP contribution in [0.2, 0.25) is 0 Å². The second-order valence-corrected chi connectivity index (χ2v) is 8.48. The Bertz CT molecular complexity index is 955. The van der Waals surface area contributed by atoms with E-state index in [1.54, 1.807) is 30.3 Å². The van der Waals surface area contributed by atoms with Crippen LogP contribution in [0.5, 0.6) is 0 Å². The van der Waals surface area contributed by atoms with Gasteiger partial charge < -0.3 is 9.84 Å². The van der Waals surface area contributed by atoms with Crippen LogP contribution in [0.4, 0.5) is 10.1 Å². The van der Waals surface area contributed by atoms with E-state index in [1.807, 2.05) is 0 Å². The van der Waals surface area contributed by atoms with Crippen molar-refractivity contribution in [2.45, 2.75) is 38.3 Å². The van der Waals surface area contributed by atoms with E-state index in [0.717, 1.165) is 36.6 Å². The van der Waals surface area contributed by atoms with Crippen LogP contribution in [-0.2, 0) is 14.3 Å². The maximum absolute atomic E-state index is 14.4. The molecule has 164 valence electrons. The summed E-state index contributed by atoms with van der Waals surface area (Å²) in [6.45, 7) is 0. The van der Waals surface area contributed by atoms with E-state index in [0.29, 0.717) is 11.1 Å². The Morgan fingerprint density at radius 2 is 1.84 bits per heavy atom. The van der Waals surface area contributed by atoms with Crippen LogP contribution in [0.25, 0.3) is 6.08 Å². The van der Waals surface area contributed by atoms with E-state index in [1.165, 1.54) is 36.3 Å². The van der Waals surface area contributed by atoms with Gasteiger partial charge in [-0.05, 0) is 54.8 Å². The minimum Gasteiger partial charge on any atom is -0.466 e. The highest BCUT2D eigenvalue weighted by Crippen LogP contribution is 2.33. The van der Waals surface area contributed by atoms with Crippen LogP contribution in [-0.4, -0.2) is 24.1 Å². The van der Waals surface area contributed by atoms with Gasteiger partial charge in [-0.1, -0.05) is 47.3 Å². The van der Waals surface area contributed by atoms with Crippen LogP contribution in [0.1, 0.15) is 49.5 Å². The number of nitrogens with zero attached hydrogens (tertiary/aromatic N) is 1. The van der Waals surface area contributed by atoms with Gasteiger partial charge in [0.1, 0.15) is 5.82 Å². The summed E-state index contributed by atoms with van der Waals surface area (Å²) in [5.41, 5.74) is 1.13. The topological polar surface area (TPSA) is 66.8 Å². The van der Waals surface area contributed by atoms with Gasteiger partial charge in [-0.15, -0.1) is 0 Å². The molecule has 0 heterocycles. The number of halogens is 2. The van der Waals surface area contributed by atoms with E-state index < -0.39 is 18.0 Å². The summed E-state index contributed by atoms with van der Waals surface area (Å²) in [7, 11) is 1.25. The molecule has 5 nitrogen and oxygen atoms in total. The molecule has 1 aliphatic carbocycles. The first-order valence-corrected chi connectivity index (χ1v) is 11.0. The lowest BCUT2D eigenvalue weighted by Crippen LogP contribution is -2.40. The standard InChI is InChI=1S/C24H25BrFNO4/c1-31-22(28)12-7-16-13-20(26)15-21(14-16)27(23(29)17-5-3-2-4-6-17)24(30)18-8-10-19(25)11-9-18/h7-15,17,24,30H,2-6H2,1H3. The highest BCUT2D eigenvalue weighted by Gasteiger charge is 2.32. The van der Waals surface area contributed by atoms with Crippen molar-refractivity contribution in [2.24, 2.45) is 5.92 Å². The number of amides is 1. The predicted molar refractivity (Wildman–Crippen MR) is 121 cm³/mol. The molecule has 0 aliphatic heterocycles. The summed E-state index contributed by atoms with van der Waals surface area (Å²) in [4.78, 5) is 26.1. The van der Waals surface area contributed by atoms with Gasteiger partial charge in [-0.25, -0.2) is 9.18 Å². The van der Waals surface area contributed by atoms with Crippen LogP contribution < -0.4 is 4.90 Å². The molecule has 0 aromatic heterocycles. The second kappa shape index (κ2) is 10.7. The van der Waals surface area contributed by atoms with E-state index in [2.05, 4.69) is 20.7 Å². The Hall–Kier alpha value is -2.51. The van der Waals surface area contributed by atoms with Gasteiger partial charge in [0.25, 0.3) is 0 Å². The molecule has 1 aliphatic rings. The number of esters is 1. The van der Waals surface area contributed by atoms with Crippen molar-refractivity contribution in [1.82, 2.24) is 0 Å². The smallest absolute Gasteiger partial charge is 0.330 e. The lowest BCUT2D eigenvalue weighted by Gasteiger charge is -2.33. The van der Waals surface area contributed by atoms with Crippen molar-refractivity contribution < 1.29 is 23.8 Å². The SMILES string of the molecule is COC(=O)C=Cc1cc(F)cc(N(C(=O)C2CCCCC2)C(O)c2ccc(Br)cc2)c1. The Kier molecular flexibility index (Phi) is 7.98. The van der Waals surface area contributed by atoms with Crippen LogP contribution in [0, 0.1) is 11.7 Å². The number of carbonyl (C=O) groups is 2. The largest absolute Gasteiger partial charge is 0.466 e. The van der Waals surface area contributed by atoms with Gasteiger partial charge in [0, 0.05) is 22.0 Å². The number of ether oxygens (including phenoxy) is 1. The number of methoxy groups -OCH3 is 1. The van der Waals surface area contributed by atoms with Gasteiger partial charge in [0.15, 0.2) is 6.23 Å². The van der Waals surface area contributed by atoms with Crippen molar-refractivity contribution in [3.05, 3.63) is 70.0 Å². The monoisotopic (exact) mass is 489 g/mol. The molecule has 3 rings (SSSR count). The Morgan fingerprint density at radius 1 is 1.16 bits per heavy atom. The van der Waals surface area contributed by atoms with Crippen molar-refractivity contribution in [3.63, 3.8) is 0 Å². The lowest BCUT2D eigenvalue weighted by atomic mass is 9.88. The number of aliphatic hydroxyl groups excluding tert-OH is 1. The van der Waals surface area contributed by atoms with Crippen molar-refractivity contribution in [1.29, 1.82) is 0 Å². The van der Waals surface area contributed by atoms with Gasteiger partial charge in [0.05, 0.1) is 12.8 Å². The van der Waals surface area contributed by atoms with E-state index in [4.69, 9.17) is 0 Å². The molecule has 1 fully saturated rings. The Balaban J connectivity index is 2.01. The molecule has 31 heavy (non-hydrogen) atoms. The Labute approximate surface area is 189 Å². The molecule has 1 saturated carbocycles. The molecule has 0 bridgehead atoms. The summed E-state index contributed by atoms with van der Waals surface area (Å²) >= 11 is 3.36. The van der Waals surface area contributed by atoms with Gasteiger partial charge in [0.2, 0.25) is 5.91 Å². The maximum Gasteiger partial charge on any atom is 0.330 e. The van der Waals surface area contributed by atoms with Crippen LogP contribution in [0.3, 0.4) is 0 Å². The Morgan fingerprint density at radius 3 is 2.48 bits per heavy atom. The summed E-state index contributed by atoms with van der Waals surface area (Å²) < 4.78 is 19.9. The van der Waals surface area contributed by atoms with Crippen molar-refractivity contribution >= 4 is 39.6 Å². The third-order valence-electron chi connectivity index (χ3n) is 5.40. The fraction of sp³-hybridized carbons (Fsp3) is 0.333. The summed E-state index contributed by atoms with van der Waals surface area (Å²) in [6, 6.07) is 11.0. The van der Waals surface area contributed by atoms with Gasteiger partial charge in [-0.2, -0.15) is 0 Å². The molecular formula is C24H25BrFNO4. The van der Waals surface area contributed by atoms with Crippen LogP contribution >= 0.6 is 15.9 Å². The zero-order chi connectivity index (χ0) is 22.4. The average molecular weight is 490 g/mol. The third kappa shape index (κ3) is 6.02. The number of hydrogen-bond acceptors (Lipinski definition) is 4. The normalized spacial score (nSPS) is 15.6. The number of benzene rings is 2. The fourth-order valence-corrected chi connectivity index (χ4v) is 4.05. The molecule has 2 aromatic rings. The fourth-order valence-electron chi connectivity index (χ4n) is 3.78. The average Bonchev–Trinajstić information content (AvgIpc) is 2.78. The first-order valence-electron chi connectivity index (χ1n) is 10.2. The van der Waals surface area contributed by atoms with Gasteiger partial charge in [-0.3, -0.25) is 9.69 Å². The number of aliphatic hydroxyl groups is 1. The molecular weight excluding hydrogens is 465 g/mol. The minimum absolute atomic E-state index is 0.226. The number of anilines is 1. The minimum atomic E-state index is -1.28. The predicted octanol–water partition coefficient (Wildman–Crippen LogP) is 5.38. The molecule has 1 atom stereocenters. The highest BCUT2D eigenvalue weighted by molar-refractivity contribution is 9.10. The molecule has 0 spiro atoms. The second-order valence-electron chi connectivity index (χ2n) is 7.57. The molecule has 0 saturated heterocycles. The molecule has 1 amide bonds. The van der Waals surface area contributed by atoms with Gasteiger partial charge >= 0.3 is 5.97 Å². The molecule has 1 N–H and O–H groups in total. The number of hydrogen-bond donors (Lipinski definition) is 1. The van der Waals surface area contributed by atoms with Crippen molar-refractivity contribution in [2.75, 3.05) is 12.0 Å². The van der Waals surface area contributed by atoms with Crippen molar-refractivity contribution in [3.8, 4) is 0 Å². The molecule has 7 heteroatoms. The molecule has 1 unspecified atom stereocenters. The highest BCUT2D eigenvalue weighted by atomic mass is 79.9. The first-order chi connectivity index (χ1) is 14.9.